The normalized spacial score (nSPS) is 14.6. The number of aryl methyl sites for hydroxylation is 1. The van der Waals surface area contributed by atoms with E-state index in [1.54, 1.807) is 30.5 Å². The van der Waals surface area contributed by atoms with Crippen molar-refractivity contribution in [3.8, 4) is 0 Å². The van der Waals surface area contributed by atoms with E-state index in [2.05, 4.69) is 4.99 Å². The van der Waals surface area contributed by atoms with Crippen molar-refractivity contribution in [2.75, 3.05) is 26.3 Å². The van der Waals surface area contributed by atoms with E-state index < -0.39 is 10.0 Å². The molecule has 0 amide bonds. The van der Waals surface area contributed by atoms with Crippen molar-refractivity contribution < 1.29 is 18.6 Å². The second-order valence-corrected chi connectivity index (χ2v) is 13.0. The standard InChI is InChI=1S/C27H23N5O4S3.H2O/c1-18-6-5-11-32-24(18)30-25(38-27-29-22-9-2-3-10-23(22)37-27)21(26(32)33)17-28-19-7-4-8-20(16-19)39(34,35)31-12-14-36-15-13-31;/h2-11,16-17H,12-15H2,1H3;1H2. The van der Waals surface area contributed by atoms with E-state index in [1.807, 2.05) is 37.3 Å². The number of hydrogen-bond donors (Lipinski definition) is 0. The number of pyridine rings is 1. The van der Waals surface area contributed by atoms with Crippen molar-refractivity contribution >= 4 is 60.9 Å². The van der Waals surface area contributed by atoms with E-state index >= 15 is 0 Å². The number of rotatable bonds is 6. The molecular formula is C27H25N5O5S3. The molecule has 1 aliphatic heterocycles. The van der Waals surface area contributed by atoms with Crippen molar-refractivity contribution in [2.24, 2.45) is 4.99 Å². The van der Waals surface area contributed by atoms with Gasteiger partial charge in [0.15, 0.2) is 4.34 Å². The van der Waals surface area contributed by atoms with Gasteiger partial charge in [0.2, 0.25) is 10.0 Å². The lowest BCUT2D eigenvalue weighted by Crippen LogP contribution is -2.40. The summed E-state index contributed by atoms with van der Waals surface area (Å²) in [6.45, 7) is 3.25. The first kappa shape index (κ1) is 28.1. The van der Waals surface area contributed by atoms with Crippen LogP contribution in [0.25, 0.3) is 15.9 Å². The van der Waals surface area contributed by atoms with Crippen LogP contribution in [-0.4, -0.2) is 65.1 Å². The predicted molar refractivity (Wildman–Crippen MR) is 157 cm³/mol. The number of aliphatic imine (C=N–C) groups is 1. The van der Waals surface area contributed by atoms with Crippen LogP contribution in [0, 0.1) is 6.92 Å². The number of ether oxygens (including phenoxy) is 1. The van der Waals surface area contributed by atoms with Gasteiger partial charge in [-0.25, -0.2) is 18.4 Å². The van der Waals surface area contributed by atoms with Crippen LogP contribution in [0.1, 0.15) is 11.1 Å². The predicted octanol–water partition coefficient (Wildman–Crippen LogP) is 3.71. The van der Waals surface area contributed by atoms with Gasteiger partial charge in [-0.3, -0.25) is 14.2 Å². The van der Waals surface area contributed by atoms with Gasteiger partial charge in [0, 0.05) is 25.5 Å². The maximum atomic E-state index is 13.6. The molecule has 4 heterocycles. The summed E-state index contributed by atoms with van der Waals surface area (Å²) in [5, 5.41) is 0.481. The molecule has 6 rings (SSSR count). The Labute approximate surface area is 238 Å². The van der Waals surface area contributed by atoms with Gasteiger partial charge in [-0.2, -0.15) is 4.31 Å². The molecular weight excluding hydrogens is 571 g/mol. The molecule has 0 spiro atoms. The molecule has 3 aromatic heterocycles. The van der Waals surface area contributed by atoms with E-state index in [0.717, 1.165) is 20.1 Å². The van der Waals surface area contributed by atoms with E-state index in [1.165, 1.54) is 44.1 Å². The maximum Gasteiger partial charge on any atom is 0.267 e. The summed E-state index contributed by atoms with van der Waals surface area (Å²) in [6, 6.07) is 18.0. The van der Waals surface area contributed by atoms with E-state index in [0.29, 0.717) is 48.2 Å². The first-order chi connectivity index (χ1) is 18.9. The fourth-order valence-electron chi connectivity index (χ4n) is 4.26. The molecule has 10 nitrogen and oxygen atoms in total. The van der Waals surface area contributed by atoms with Gasteiger partial charge in [0.1, 0.15) is 10.7 Å². The maximum absolute atomic E-state index is 13.6. The molecule has 0 radical (unpaired) electrons. The monoisotopic (exact) mass is 595 g/mol. The van der Waals surface area contributed by atoms with Crippen LogP contribution in [0.15, 0.2) is 90.9 Å². The number of fused-ring (bicyclic) bond motifs is 2. The smallest absolute Gasteiger partial charge is 0.267 e. The van der Waals surface area contributed by atoms with Gasteiger partial charge < -0.3 is 10.2 Å². The van der Waals surface area contributed by atoms with Crippen LogP contribution < -0.4 is 5.56 Å². The molecule has 2 aromatic carbocycles. The van der Waals surface area contributed by atoms with Gasteiger partial charge in [-0.1, -0.05) is 24.3 Å². The molecule has 13 heteroatoms. The lowest BCUT2D eigenvalue weighted by molar-refractivity contribution is 0.0730. The van der Waals surface area contributed by atoms with Crippen molar-refractivity contribution in [1.82, 2.24) is 18.7 Å². The van der Waals surface area contributed by atoms with Crippen LogP contribution in [0.5, 0.6) is 0 Å². The summed E-state index contributed by atoms with van der Waals surface area (Å²) < 4.78 is 36.2. The summed E-state index contributed by atoms with van der Waals surface area (Å²) in [7, 11) is -3.68. The lowest BCUT2D eigenvalue weighted by atomic mass is 10.2. The topological polar surface area (TPSA) is 138 Å². The summed E-state index contributed by atoms with van der Waals surface area (Å²) in [6.07, 6.45) is 3.14. The molecule has 40 heavy (non-hydrogen) atoms. The van der Waals surface area contributed by atoms with Crippen LogP contribution in [-0.2, 0) is 14.8 Å². The van der Waals surface area contributed by atoms with Gasteiger partial charge in [-0.05, 0) is 60.6 Å². The Balaban J connectivity index is 0.00000323. The zero-order chi connectivity index (χ0) is 27.0. The highest BCUT2D eigenvalue weighted by molar-refractivity contribution is 8.01. The Morgan fingerprint density at radius 1 is 1.05 bits per heavy atom. The highest BCUT2D eigenvalue weighted by Crippen LogP contribution is 2.34. The van der Waals surface area contributed by atoms with Gasteiger partial charge in [0.25, 0.3) is 5.56 Å². The largest absolute Gasteiger partial charge is 0.412 e. The van der Waals surface area contributed by atoms with E-state index in [4.69, 9.17) is 14.7 Å². The molecule has 1 fully saturated rings. The van der Waals surface area contributed by atoms with Crippen LogP contribution in [0.2, 0.25) is 0 Å². The number of morpholine rings is 1. The van der Waals surface area contributed by atoms with Gasteiger partial charge in [-0.15, -0.1) is 11.3 Å². The summed E-state index contributed by atoms with van der Waals surface area (Å²) in [5.74, 6) is 0. The Morgan fingerprint density at radius 2 is 1.85 bits per heavy atom. The number of benzene rings is 2. The zero-order valence-corrected chi connectivity index (χ0v) is 23.8. The number of para-hydroxylation sites is 1. The quantitative estimate of drug-likeness (QED) is 0.215. The van der Waals surface area contributed by atoms with Crippen LogP contribution in [0.4, 0.5) is 5.69 Å². The second kappa shape index (κ2) is 11.6. The summed E-state index contributed by atoms with van der Waals surface area (Å²) in [4.78, 5) is 27.8. The van der Waals surface area contributed by atoms with Gasteiger partial charge in [0.05, 0.1) is 39.6 Å². The van der Waals surface area contributed by atoms with Crippen LogP contribution >= 0.6 is 23.1 Å². The average Bonchev–Trinajstić information content (AvgIpc) is 3.36. The lowest BCUT2D eigenvalue weighted by Gasteiger charge is -2.26. The third-order valence-corrected chi connectivity index (χ3v) is 10.3. The highest BCUT2D eigenvalue weighted by atomic mass is 32.2. The molecule has 1 aliphatic rings. The molecule has 5 aromatic rings. The van der Waals surface area contributed by atoms with Gasteiger partial charge >= 0.3 is 0 Å². The number of sulfonamides is 1. The van der Waals surface area contributed by atoms with Crippen molar-refractivity contribution in [3.63, 3.8) is 0 Å². The minimum Gasteiger partial charge on any atom is -0.412 e. The SMILES string of the molecule is Cc1cccn2c(=O)c(C=Nc3cccc(S(=O)(=O)N4CCOCC4)c3)c(Sc3nc4ccccc4s3)nc12.O. The molecule has 2 N–H and O–H groups in total. The Hall–Kier alpha value is -3.46. The molecule has 0 atom stereocenters. The molecule has 206 valence electrons. The number of hydrogen-bond acceptors (Lipinski definition) is 9. The fourth-order valence-corrected chi connectivity index (χ4v) is 7.77. The minimum absolute atomic E-state index is 0. The highest BCUT2D eigenvalue weighted by Gasteiger charge is 2.26. The third kappa shape index (κ3) is 5.44. The second-order valence-electron chi connectivity index (χ2n) is 8.84. The minimum atomic E-state index is -3.68. The van der Waals surface area contributed by atoms with E-state index in [-0.39, 0.29) is 15.9 Å². The number of thiazole rings is 1. The molecule has 0 unspecified atom stereocenters. The fraction of sp³-hybridized carbons (Fsp3) is 0.185. The Kier molecular flexibility index (Phi) is 8.12. The average molecular weight is 596 g/mol. The Bertz CT molecular complexity index is 1860. The summed E-state index contributed by atoms with van der Waals surface area (Å²) in [5.41, 5.74) is 2.74. The van der Waals surface area contributed by atoms with E-state index in [9.17, 15) is 13.2 Å². The van der Waals surface area contributed by atoms with Crippen LogP contribution in [0.3, 0.4) is 0 Å². The number of nitrogens with zero attached hydrogens (tertiary/aromatic N) is 5. The van der Waals surface area contributed by atoms with Crippen molar-refractivity contribution in [1.29, 1.82) is 0 Å². The van der Waals surface area contributed by atoms with Crippen molar-refractivity contribution in [3.05, 3.63) is 88.3 Å². The molecule has 0 aliphatic carbocycles. The number of aromatic nitrogens is 3. The third-order valence-electron chi connectivity index (χ3n) is 6.28. The van der Waals surface area contributed by atoms with Crippen molar-refractivity contribution in [2.45, 2.75) is 21.2 Å². The zero-order valence-electron chi connectivity index (χ0n) is 21.4. The first-order valence-electron chi connectivity index (χ1n) is 12.2. The molecule has 0 saturated carbocycles. The molecule has 1 saturated heterocycles. The summed E-state index contributed by atoms with van der Waals surface area (Å²) >= 11 is 2.84. The first-order valence-corrected chi connectivity index (χ1v) is 15.2. The molecule has 0 bridgehead atoms. The Morgan fingerprint density at radius 3 is 2.65 bits per heavy atom.